The molecule has 0 atom stereocenters. The van der Waals surface area contributed by atoms with Gasteiger partial charge >= 0.3 is 11.9 Å². The third-order valence-corrected chi connectivity index (χ3v) is 7.38. The Morgan fingerprint density at radius 1 is 0.674 bits per heavy atom. The molecule has 0 aliphatic carbocycles. The summed E-state index contributed by atoms with van der Waals surface area (Å²) < 4.78 is 3.62. The predicted molar refractivity (Wildman–Crippen MR) is 181 cm³/mol. The molecule has 232 valence electrons. The Morgan fingerprint density at radius 2 is 1.13 bits per heavy atom. The maximum atomic E-state index is 12.8. The van der Waals surface area contributed by atoms with Gasteiger partial charge in [-0.3, -0.25) is 21.1 Å². The highest BCUT2D eigenvalue weighted by Gasteiger charge is 2.16. The second kappa shape index (κ2) is 13.6. The van der Waals surface area contributed by atoms with Gasteiger partial charge in [-0.05, 0) is 73.0 Å². The van der Waals surface area contributed by atoms with E-state index < -0.39 is 0 Å². The molecule has 0 aliphatic heterocycles. The Hall–Kier alpha value is -6.30. The Labute approximate surface area is 266 Å². The number of aromatic nitrogens is 4. The summed E-state index contributed by atoms with van der Waals surface area (Å²) in [4.78, 5) is 33.8. The molecule has 3 aromatic carbocycles. The van der Waals surface area contributed by atoms with Crippen LogP contribution >= 0.6 is 0 Å². The van der Waals surface area contributed by atoms with E-state index in [1.807, 2.05) is 59.6 Å². The molecule has 0 saturated heterocycles. The van der Waals surface area contributed by atoms with Crippen molar-refractivity contribution in [1.29, 1.82) is 0 Å². The van der Waals surface area contributed by atoms with Gasteiger partial charge in [0.25, 0.3) is 5.91 Å². The second-order valence-electron chi connectivity index (χ2n) is 10.4. The molecule has 2 amide bonds. The molecular formula is C34H36N10O2+2. The van der Waals surface area contributed by atoms with Crippen molar-refractivity contribution < 1.29 is 18.7 Å². The van der Waals surface area contributed by atoms with Crippen LogP contribution in [0.1, 0.15) is 29.8 Å². The van der Waals surface area contributed by atoms with Gasteiger partial charge < -0.3 is 22.1 Å². The quantitative estimate of drug-likeness (QED) is 0.107. The van der Waals surface area contributed by atoms with Crippen molar-refractivity contribution in [2.75, 3.05) is 33.6 Å². The number of nitrogens with zero attached hydrogens (tertiary/aromatic N) is 4. The number of carbonyl (C=O) groups is 2. The van der Waals surface area contributed by atoms with Crippen molar-refractivity contribution in [2.24, 2.45) is 0 Å². The van der Waals surface area contributed by atoms with Crippen molar-refractivity contribution in [3.63, 3.8) is 0 Å². The van der Waals surface area contributed by atoms with Crippen molar-refractivity contribution >= 4 is 52.8 Å². The molecule has 2 aromatic heterocycles. The van der Waals surface area contributed by atoms with Crippen molar-refractivity contribution in [3.05, 3.63) is 102 Å². The number of nitrogen functional groups attached to an aromatic ring is 4. The van der Waals surface area contributed by atoms with E-state index in [1.54, 1.807) is 54.6 Å². The van der Waals surface area contributed by atoms with Gasteiger partial charge in [-0.25, -0.2) is 9.13 Å². The summed E-state index contributed by atoms with van der Waals surface area (Å²) in [6.07, 6.45) is 6.83. The minimum atomic E-state index is -0.295. The molecular weight excluding hydrogens is 580 g/mol. The van der Waals surface area contributed by atoms with Crippen LogP contribution in [0.3, 0.4) is 0 Å². The first kappa shape index (κ1) is 31.1. The molecule has 12 heteroatoms. The third-order valence-electron chi connectivity index (χ3n) is 7.38. The average molecular weight is 617 g/mol. The van der Waals surface area contributed by atoms with Crippen LogP contribution in [0.4, 0.5) is 34.9 Å². The van der Waals surface area contributed by atoms with Gasteiger partial charge in [0, 0.05) is 23.0 Å². The Bertz CT molecular complexity index is 1920. The second-order valence-corrected chi connectivity index (χ2v) is 10.4. The van der Waals surface area contributed by atoms with E-state index in [1.165, 1.54) is 6.08 Å². The molecule has 0 aliphatic rings. The first-order valence-corrected chi connectivity index (χ1v) is 14.7. The molecule has 2 heterocycles. The van der Waals surface area contributed by atoms with Crippen molar-refractivity contribution in [3.8, 4) is 22.3 Å². The Balaban J connectivity index is 1.16. The lowest BCUT2D eigenvalue weighted by Crippen LogP contribution is -2.37. The van der Waals surface area contributed by atoms with Gasteiger partial charge in [0.1, 0.15) is 0 Å². The molecule has 46 heavy (non-hydrogen) atoms. The highest BCUT2D eigenvalue weighted by molar-refractivity contribution is 6.05. The van der Waals surface area contributed by atoms with Gasteiger partial charge in [-0.1, -0.05) is 46.4 Å². The van der Waals surface area contributed by atoms with E-state index in [-0.39, 0.29) is 11.8 Å². The summed E-state index contributed by atoms with van der Waals surface area (Å²) >= 11 is 0. The maximum absolute atomic E-state index is 12.8. The number of aryl methyl sites for hydroxylation is 2. The van der Waals surface area contributed by atoms with Gasteiger partial charge in [0.05, 0.1) is 36.6 Å². The standard InChI is InChI=1S/C34H34N10O2/c1-3-43-19-27(30(35)41-33(43)37)22-10-14-25(15-11-22)39-29(45)18-7-21-5-8-24(9-6-21)32(46)40-26-16-12-23(13-17-26)28-20-44(4-2)34(38)42-31(28)36/h5-20H,3-4H2,1-2H3,(H8,35,36,37,38,39,40,41,42,45,46)/p+2. The summed E-state index contributed by atoms with van der Waals surface area (Å²) in [5, 5.41) is 5.74. The van der Waals surface area contributed by atoms with Gasteiger partial charge in [0.2, 0.25) is 17.5 Å². The highest BCUT2D eigenvalue weighted by Crippen LogP contribution is 2.26. The minimum Gasteiger partial charge on any atom is -0.369 e. The zero-order valence-corrected chi connectivity index (χ0v) is 25.6. The summed E-state index contributed by atoms with van der Waals surface area (Å²) in [6, 6.07) is 21.6. The summed E-state index contributed by atoms with van der Waals surface area (Å²) in [7, 11) is 0. The zero-order chi connectivity index (χ0) is 32.8. The SMILES string of the molecule is CC[n+]1cc(-c2ccc(NC(=O)C=Cc3ccc(C(=O)Nc4ccc(-c5c[n+](CC)c(N)nc5N)cc4)cc3)cc2)c(N)nc1N. The van der Waals surface area contributed by atoms with Crippen molar-refractivity contribution in [2.45, 2.75) is 26.9 Å². The third kappa shape index (κ3) is 7.08. The van der Waals surface area contributed by atoms with Crippen LogP contribution in [0.5, 0.6) is 0 Å². The number of nitrogens with two attached hydrogens (primary N) is 4. The van der Waals surface area contributed by atoms with Crippen LogP contribution in [-0.2, 0) is 17.9 Å². The van der Waals surface area contributed by atoms with E-state index in [4.69, 9.17) is 22.9 Å². The molecule has 5 rings (SSSR count). The fraction of sp³-hybridized carbons (Fsp3) is 0.118. The molecule has 0 saturated carbocycles. The molecule has 0 fully saturated rings. The zero-order valence-electron chi connectivity index (χ0n) is 25.6. The summed E-state index contributed by atoms with van der Waals surface area (Å²) in [5.74, 6) is 0.819. The number of hydrogen-bond donors (Lipinski definition) is 6. The molecule has 0 spiro atoms. The number of nitrogens with one attached hydrogen (secondary N) is 2. The lowest BCUT2D eigenvalue weighted by atomic mass is 10.1. The highest BCUT2D eigenvalue weighted by atomic mass is 16.2. The lowest BCUT2D eigenvalue weighted by Gasteiger charge is -2.09. The number of rotatable bonds is 9. The smallest absolute Gasteiger partial charge is 0.369 e. The number of anilines is 6. The van der Waals surface area contributed by atoms with E-state index in [2.05, 4.69) is 20.6 Å². The van der Waals surface area contributed by atoms with E-state index in [0.29, 0.717) is 53.6 Å². The van der Waals surface area contributed by atoms with Crippen LogP contribution in [0, 0.1) is 0 Å². The topological polar surface area (TPSA) is 196 Å². The van der Waals surface area contributed by atoms with Crippen LogP contribution in [0.25, 0.3) is 28.3 Å². The van der Waals surface area contributed by atoms with Crippen LogP contribution in [-0.4, -0.2) is 21.8 Å². The number of benzene rings is 3. The van der Waals surface area contributed by atoms with Gasteiger partial charge in [-0.2, -0.15) is 0 Å². The molecule has 12 nitrogen and oxygen atoms in total. The summed E-state index contributed by atoms with van der Waals surface area (Å²) in [5.41, 5.74) is 29.7. The first-order chi connectivity index (χ1) is 22.1. The number of amides is 2. The molecule has 0 bridgehead atoms. The molecule has 5 aromatic rings. The van der Waals surface area contributed by atoms with Crippen LogP contribution in [0.15, 0.2) is 91.3 Å². The fourth-order valence-corrected chi connectivity index (χ4v) is 4.79. The Kier molecular flexibility index (Phi) is 9.18. The normalized spacial score (nSPS) is 11.0. The number of carbonyl (C=O) groups excluding carboxylic acids is 2. The monoisotopic (exact) mass is 616 g/mol. The molecule has 0 radical (unpaired) electrons. The minimum absolute atomic E-state index is 0.261. The lowest BCUT2D eigenvalue weighted by molar-refractivity contribution is -0.681. The van der Waals surface area contributed by atoms with E-state index in [0.717, 1.165) is 27.8 Å². The van der Waals surface area contributed by atoms with E-state index in [9.17, 15) is 9.59 Å². The Morgan fingerprint density at radius 3 is 1.59 bits per heavy atom. The van der Waals surface area contributed by atoms with Gasteiger partial charge in [-0.15, -0.1) is 0 Å². The summed E-state index contributed by atoms with van der Waals surface area (Å²) in [6.45, 7) is 5.27. The largest absolute Gasteiger partial charge is 0.391 e. The molecule has 0 unspecified atom stereocenters. The fourth-order valence-electron chi connectivity index (χ4n) is 4.79. The van der Waals surface area contributed by atoms with Gasteiger partial charge in [0.15, 0.2) is 0 Å². The van der Waals surface area contributed by atoms with E-state index >= 15 is 0 Å². The predicted octanol–water partition coefficient (Wildman–Crippen LogP) is 3.66. The van der Waals surface area contributed by atoms with Crippen molar-refractivity contribution in [1.82, 2.24) is 9.97 Å². The number of hydrogen-bond acceptors (Lipinski definition) is 8. The van der Waals surface area contributed by atoms with Crippen LogP contribution < -0.4 is 42.7 Å². The average Bonchev–Trinajstić information content (AvgIpc) is 3.05. The van der Waals surface area contributed by atoms with Crippen LogP contribution in [0.2, 0.25) is 0 Å². The first-order valence-electron chi connectivity index (χ1n) is 14.7. The molecule has 10 N–H and O–H groups in total. The maximum Gasteiger partial charge on any atom is 0.391 e.